The van der Waals surface area contributed by atoms with Crippen LogP contribution >= 0.6 is 0 Å². The number of nitrogens with one attached hydrogen (secondary N) is 2. The summed E-state index contributed by atoms with van der Waals surface area (Å²) in [6, 6.07) is 0. The molecule has 1 fully saturated rings. The van der Waals surface area contributed by atoms with E-state index >= 15 is 0 Å². The molecule has 2 N–H and O–H groups in total. The van der Waals surface area contributed by atoms with Crippen LogP contribution in [0, 0.1) is 17.3 Å². The SMILES string of the molecule is CN=C(NCCNC(=O)C(C)(C)C)N(C)CC1CCC(C)CC1. The fraction of sp³-hybridized carbons (Fsp3) is 0.889. The molecule has 0 aromatic heterocycles. The fourth-order valence-corrected chi connectivity index (χ4v) is 2.99. The van der Waals surface area contributed by atoms with Gasteiger partial charge in [0.05, 0.1) is 0 Å². The van der Waals surface area contributed by atoms with Gasteiger partial charge in [-0.25, -0.2) is 0 Å². The second kappa shape index (κ2) is 9.14. The molecule has 0 spiro atoms. The predicted molar refractivity (Wildman–Crippen MR) is 97.6 cm³/mol. The second-order valence-corrected chi connectivity index (χ2v) is 7.99. The van der Waals surface area contributed by atoms with E-state index < -0.39 is 0 Å². The van der Waals surface area contributed by atoms with E-state index in [1.54, 1.807) is 0 Å². The molecule has 0 atom stereocenters. The lowest BCUT2D eigenvalue weighted by molar-refractivity contribution is -0.128. The number of hydrogen-bond acceptors (Lipinski definition) is 2. The molecule has 1 amide bonds. The Kier molecular flexibility index (Phi) is 7.86. The van der Waals surface area contributed by atoms with Crippen molar-refractivity contribution in [1.29, 1.82) is 0 Å². The number of hydrogen-bond donors (Lipinski definition) is 2. The molecule has 0 radical (unpaired) electrons. The van der Waals surface area contributed by atoms with Crippen molar-refractivity contribution in [1.82, 2.24) is 15.5 Å². The number of carbonyl (C=O) groups excluding carboxylic acids is 1. The second-order valence-electron chi connectivity index (χ2n) is 7.99. The minimum atomic E-state index is -0.337. The van der Waals surface area contributed by atoms with Gasteiger partial charge in [0.25, 0.3) is 0 Å². The Balaban J connectivity index is 2.29. The zero-order valence-corrected chi connectivity index (χ0v) is 15.9. The Bertz CT molecular complexity index is 392. The van der Waals surface area contributed by atoms with Crippen LogP contribution in [0.1, 0.15) is 53.4 Å². The number of carbonyl (C=O) groups is 1. The zero-order valence-electron chi connectivity index (χ0n) is 15.9. The van der Waals surface area contributed by atoms with E-state index in [0.717, 1.165) is 24.3 Å². The summed E-state index contributed by atoms with van der Waals surface area (Å²) in [5.74, 6) is 2.66. The molecule has 1 aliphatic rings. The average molecular weight is 325 g/mol. The van der Waals surface area contributed by atoms with Crippen LogP contribution in [-0.4, -0.2) is 50.5 Å². The molecule has 5 heteroatoms. The quantitative estimate of drug-likeness (QED) is 0.464. The molecule has 23 heavy (non-hydrogen) atoms. The highest BCUT2D eigenvalue weighted by Crippen LogP contribution is 2.28. The highest BCUT2D eigenvalue weighted by molar-refractivity contribution is 5.81. The maximum atomic E-state index is 11.8. The van der Waals surface area contributed by atoms with E-state index in [0.29, 0.717) is 13.1 Å². The van der Waals surface area contributed by atoms with Gasteiger partial charge >= 0.3 is 0 Å². The van der Waals surface area contributed by atoms with Gasteiger partial charge in [-0.1, -0.05) is 40.5 Å². The first-order valence-electron chi connectivity index (χ1n) is 8.94. The first-order valence-corrected chi connectivity index (χ1v) is 8.94. The summed E-state index contributed by atoms with van der Waals surface area (Å²) in [6.45, 7) is 10.5. The Morgan fingerprint density at radius 3 is 2.22 bits per heavy atom. The van der Waals surface area contributed by atoms with Crippen molar-refractivity contribution in [3.8, 4) is 0 Å². The number of aliphatic imine (C=N–C) groups is 1. The lowest BCUT2D eigenvalue weighted by Gasteiger charge is -2.31. The summed E-state index contributed by atoms with van der Waals surface area (Å²) < 4.78 is 0. The van der Waals surface area contributed by atoms with Crippen molar-refractivity contribution in [2.75, 3.05) is 33.7 Å². The van der Waals surface area contributed by atoms with Crippen LogP contribution in [0.15, 0.2) is 4.99 Å². The van der Waals surface area contributed by atoms with Gasteiger partial charge in [-0.3, -0.25) is 9.79 Å². The topological polar surface area (TPSA) is 56.7 Å². The molecule has 0 aliphatic heterocycles. The normalized spacial score (nSPS) is 22.6. The third-order valence-corrected chi connectivity index (χ3v) is 4.62. The summed E-state index contributed by atoms with van der Waals surface area (Å²) in [4.78, 5) is 18.4. The maximum Gasteiger partial charge on any atom is 0.225 e. The first-order chi connectivity index (χ1) is 10.7. The smallest absolute Gasteiger partial charge is 0.225 e. The molecule has 0 bridgehead atoms. The Morgan fingerprint density at radius 1 is 1.13 bits per heavy atom. The van der Waals surface area contributed by atoms with Gasteiger partial charge < -0.3 is 15.5 Å². The summed E-state index contributed by atoms with van der Waals surface area (Å²) >= 11 is 0. The van der Waals surface area contributed by atoms with Gasteiger partial charge in [0.2, 0.25) is 5.91 Å². The molecule has 0 heterocycles. The van der Waals surface area contributed by atoms with Gasteiger partial charge in [-0.05, 0) is 24.7 Å². The molecule has 134 valence electrons. The van der Waals surface area contributed by atoms with Gasteiger partial charge in [0.1, 0.15) is 0 Å². The predicted octanol–water partition coefficient (Wildman–Crippen LogP) is 2.48. The van der Waals surface area contributed by atoms with Crippen LogP contribution in [0.5, 0.6) is 0 Å². The minimum Gasteiger partial charge on any atom is -0.354 e. The molecule has 1 rings (SSSR count). The van der Waals surface area contributed by atoms with Gasteiger partial charge in [0, 0.05) is 39.1 Å². The van der Waals surface area contributed by atoms with E-state index in [1.807, 2.05) is 27.8 Å². The van der Waals surface area contributed by atoms with E-state index in [4.69, 9.17) is 0 Å². The highest BCUT2D eigenvalue weighted by Gasteiger charge is 2.21. The third-order valence-electron chi connectivity index (χ3n) is 4.62. The molecule has 0 aromatic rings. The Labute approximate surface area is 142 Å². The van der Waals surface area contributed by atoms with Crippen LogP contribution in [0.25, 0.3) is 0 Å². The van der Waals surface area contributed by atoms with Crippen molar-refractivity contribution in [3.05, 3.63) is 0 Å². The average Bonchev–Trinajstić information content (AvgIpc) is 2.48. The molecule has 1 aliphatic carbocycles. The monoisotopic (exact) mass is 324 g/mol. The van der Waals surface area contributed by atoms with Crippen LogP contribution in [0.3, 0.4) is 0 Å². The Hall–Kier alpha value is -1.26. The van der Waals surface area contributed by atoms with E-state index in [9.17, 15) is 4.79 Å². The third kappa shape index (κ3) is 7.23. The van der Waals surface area contributed by atoms with E-state index in [-0.39, 0.29) is 11.3 Å². The lowest BCUT2D eigenvalue weighted by Crippen LogP contribution is -2.45. The largest absolute Gasteiger partial charge is 0.354 e. The number of amides is 1. The molecule has 1 saturated carbocycles. The lowest BCUT2D eigenvalue weighted by atomic mass is 9.83. The summed E-state index contributed by atoms with van der Waals surface area (Å²) in [6.07, 6.45) is 5.35. The summed E-state index contributed by atoms with van der Waals surface area (Å²) in [5.41, 5.74) is -0.337. The van der Waals surface area contributed by atoms with Gasteiger partial charge in [-0.2, -0.15) is 0 Å². The minimum absolute atomic E-state index is 0.0824. The van der Waals surface area contributed by atoms with Crippen molar-refractivity contribution in [3.63, 3.8) is 0 Å². The number of guanidine groups is 1. The molecular formula is C18H36N4O. The fourth-order valence-electron chi connectivity index (χ4n) is 2.99. The summed E-state index contributed by atoms with van der Waals surface area (Å²) in [7, 11) is 3.91. The van der Waals surface area contributed by atoms with Gasteiger partial charge in [-0.15, -0.1) is 0 Å². The maximum absolute atomic E-state index is 11.8. The first kappa shape index (κ1) is 19.8. The van der Waals surface area contributed by atoms with Crippen molar-refractivity contribution in [2.24, 2.45) is 22.2 Å². The molecule has 0 unspecified atom stereocenters. The number of nitrogens with zero attached hydrogens (tertiary/aromatic N) is 2. The molecular weight excluding hydrogens is 288 g/mol. The van der Waals surface area contributed by atoms with Crippen molar-refractivity contribution < 1.29 is 4.79 Å². The number of rotatable bonds is 5. The zero-order chi connectivity index (χ0) is 17.5. The van der Waals surface area contributed by atoms with E-state index in [2.05, 4.69) is 34.5 Å². The van der Waals surface area contributed by atoms with Crippen LogP contribution in [-0.2, 0) is 4.79 Å². The van der Waals surface area contributed by atoms with Crippen molar-refractivity contribution >= 4 is 11.9 Å². The highest BCUT2D eigenvalue weighted by atomic mass is 16.2. The van der Waals surface area contributed by atoms with Crippen molar-refractivity contribution in [2.45, 2.75) is 53.4 Å². The van der Waals surface area contributed by atoms with Crippen LogP contribution in [0.4, 0.5) is 0 Å². The van der Waals surface area contributed by atoms with Gasteiger partial charge in [0.15, 0.2) is 5.96 Å². The van der Waals surface area contributed by atoms with Crippen LogP contribution in [0.2, 0.25) is 0 Å². The molecule has 5 nitrogen and oxygen atoms in total. The van der Waals surface area contributed by atoms with E-state index in [1.165, 1.54) is 25.7 Å². The molecule has 0 aromatic carbocycles. The standard InChI is InChI=1S/C18H36N4O/c1-14-7-9-15(10-8-14)13-22(6)17(19-5)21-12-11-20-16(23)18(2,3)4/h14-15H,7-13H2,1-6H3,(H,19,21)(H,20,23). The molecule has 0 saturated heterocycles. The Morgan fingerprint density at radius 2 is 1.70 bits per heavy atom. The van der Waals surface area contributed by atoms with Crippen LogP contribution < -0.4 is 10.6 Å². The summed E-state index contributed by atoms with van der Waals surface area (Å²) in [5, 5.41) is 6.29.